The second-order valence-electron chi connectivity index (χ2n) is 7.39. The van der Waals surface area contributed by atoms with Gasteiger partial charge in [-0.15, -0.1) is 0 Å². The molecule has 0 aliphatic carbocycles. The number of unbranched alkanes of at least 4 members (excludes halogenated alkanes) is 1. The number of thiocarbonyl (C=S) groups is 1. The van der Waals surface area contributed by atoms with Crippen LogP contribution in [0.4, 0.5) is 0 Å². The van der Waals surface area contributed by atoms with Gasteiger partial charge >= 0.3 is 0 Å². The molecule has 8 nitrogen and oxygen atoms in total. The Bertz CT molecular complexity index is 1290. The van der Waals surface area contributed by atoms with Gasteiger partial charge in [-0.1, -0.05) is 48.2 Å². The van der Waals surface area contributed by atoms with Crippen molar-refractivity contribution in [2.24, 2.45) is 0 Å². The quantitative estimate of drug-likeness (QED) is 0.250. The highest BCUT2D eigenvalue weighted by Gasteiger charge is 2.31. The topological polar surface area (TPSA) is 127 Å². The molecule has 2 aromatic heterocycles. The molecule has 0 atom stereocenters. The van der Waals surface area contributed by atoms with Crippen molar-refractivity contribution in [3.8, 4) is 22.6 Å². The summed E-state index contributed by atoms with van der Waals surface area (Å²) in [7, 11) is 0. The largest absolute Gasteiger partial charge is 0.550 e. The normalized spacial score (nSPS) is 14.8. The minimum absolute atomic E-state index is 0.0524. The van der Waals surface area contributed by atoms with Crippen LogP contribution in [0.25, 0.3) is 28.7 Å². The van der Waals surface area contributed by atoms with Gasteiger partial charge < -0.3 is 28.6 Å². The van der Waals surface area contributed by atoms with Crippen LogP contribution in [-0.4, -0.2) is 33.6 Å². The Morgan fingerprint density at radius 3 is 2.21 bits per heavy atom. The highest BCUT2D eigenvalue weighted by Crippen LogP contribution is 2.34. The second kappa shape index (κ2) is 10.1. The third-order valence-electron chi connectivity index (χ3n) is 5.05. The molecule has 0 radical (unpaired) electrons. The Morgan fingerprint density at radius 1 is 0.941 bits per heavy atom. The van der Waals surface area contributed by atoms with E-state index in [2.05, 4.69) is 0 Å². The van der Waals surface area contributed by atoms with Crippen LogP contribution < -0.4 is 10.2 Å². The molecule has 0 N–H and O–H groups in total. The Kier molecular flexibility index (Phi) is 6.99. The molecular formula is C24H17NO7S2-2. The lowest BCUT2D eigenvalue weighted by molar-refractivity contribution is -0.305. The molecule has 1 aliphatic rings. The molecule has 1 saturated heterocycles. The van der Waals surface area contributed by atoms with Crippen molar-refractivity contribution in [1.82, 2.24) is 4.90 Å². The molecule has 1 aromatic carbocycles. The minimum Gasteiger partial charge on any atom is -0.550 e. The summed E-state index contributed by atoms with van der Waals surface area (Å²) in [5.41, 5.74) is 1.49. The van der Waals surface area contributed by atoms with E-state index >= 15 is 0 Å². The van der Waals surface area contributed by atoms with Gasteiger partial charge in [0.15, 0.2) is 0 Å². The molecular weight excluding hydrogens is 478 g/mol. The van der Waals surface area contributed by atoms with Crippen molar-refractivity contribution in [3.63, 3.8) is 0 Å². The smallest absolute Gasteiger partial charge is 0.266 e. The monoisotopic (exact) mass is 495 g/mol. The number of nitrogens with zero attached hydrogens (tertiary/aromatic N) is 1. The number of carbonyl (C=O) groups is 3. The predicted molar refractivity (Wildman–Crippen MR) is 125 cm³/mol. The van der Waals surface area contributed by atoms with Gasteiger partial charge in [-0.05, 0) is 43.5 Å². The van der Waals surface area contributed by atoms with Crippen LogP contribution >= 0.6 is 24.0 Å². The van der Waals surface area contributed by atoms with Crippen molar-refractivity contribution in [2.75, 3.05) is 6.54 Å². The Hall–Kier alpha value is -3.63. The number of rotatable bonds is 9. The third kappa shape index (κ3) is 5.29. The van der Waals surface area contributed by atoms with Crippen LogP contribution in [0.2, 0.25) is 0 Å². The molecule has 1 aliphatic heterocycles. The number of benzene rings is 1. The summed E-state index contributed by atoms with van der Waals surface area (Å²) in [6, 6.07) is 13.6. The lowest BCUT2D eigenvalue weighted by atomic mass is 10.1. The van der Waals surface area contributed by atoms with E-state index in [4.69, 9.17) is 21.1 Å². The first-order chi connectivity index (χ1) is 16.3. The minimum atomic E-state index is -1.38. The van der Waals surface area contributed by atoms with E-state index in [1.54, 1.807) is 36.4 Å². The van der Waals surface area contributed by atoms with Crippen molar-refractivity contribution < 1.29 is 33.4 Å². The van der Waals surface area contributed by atoms with Crippen molar-refractivity contribution in [3.05, 3.63) is 65.0 Å². The highest BCUT2D eigenvalue weighted by molar-refractivity contribution is 8.26. The lowest BCUT2D eigenvalue weighted by Gasteiger charge is -2.14. The summed E-state index contributed by atoms with van der Waals surface area (Å²) < 4.78 is 11.5. The average molecular weight is 496 g/mol. The molecule has 0 unspecified atom stereocenters. The maximum atomic E-state index is 12.7. The number of furan rings is 2. The van der Waals surface area contributed by atoms with E-state index in [1.807, 2.05) is 12.1 Å². The number of aromatic carboxylic acids is 1. The number of carbonyl (C=O) groups excluding carboxylic acids is 3. The Morgan fingerprint density at radius 2 is 1.59 bits per heavy atom. The molecule has 1 fully saturated rings. The number of carboxylic acids is 2. The number of amides is 1. The average Bonchev–Trinajstić information content (AvgIpc) is 3.53. The van der Waals surface area contributed by atoms with Crippen LogP contribution in [0.15, 0.2) is 62.3 Å². The first kappa shape index (κ1) is 23.5. The molecule has 10 heteroatoms. The van der Waals surface area contributed by atoms with E-state index in [9.17, 15) is 24.6 Å². The second-order valence-corrected chi connectivity index (χ2v) is 9.07. The molecule has 0 bridgehead atoms. The predicted octanol–water partition coefficient (Wildman–Crippen LogP) is 2.69. The van der Waals surface area contributed by atoms with E-state index in [1.165, 1.54) is 22.7 Å². The maximum Gasteiger partial charge on any atom is 0.266 e. The SMILES string of the molecule is O=C([O-])CCCCN1C(=O)/C(=C/c2ccc(-c3ccc(-c4ccc(C(=O)[O-])o4)cc3)o2)SC1=S. The fraction of sp³-hybridized carbons (Fsp3) is 0.167. The Labute approximate surface area is 203 Å². The van der Waals surface area contributed by atoms with Crippen LogP contribution in [0.3, 0.4) is 0 Å². The Balaban J connectivity index is 1.43. The molecule has 0 spiro atoms. The molecule has 3 heterocycles. The number of hydrogen-bond acceptors (Lipinski definition) is 9. The summed E-state index contributed by atoms with van der Waals surface area (Å²) in [5.74, 6) is -1.48. The summed E-state index contributed by atoms with van der Waals surface area (Å²) in [4.78, 5) is 36.0. The van der Waals surface area contributed by atoms with Gasteiger partial charge in [0.05, 0.1) is 4.91 Å². The van der Waals surface area contributed by atoms with Gasteiger partial charge in [0, 0.05) is 29.7 Å². The molecule has 4 rings (SSSR count). The van der Waals surface area contributed by atoms with Crippen molar-refractivity contribution >= 4 is 52.2 Å². The summed E-state index contributed by atoms with van der Waals surface area (Å²) in [5, 5.41) is 21.4. The van der Waals surface area contributed by atoms with Gasteiger partial charge in [-0.3, -0.25) is 9.69 Å². The number of thioether (sulfide) groups is 1. The van der Waals surface area contributed by atoms with E-state index < -0.39 is 11.9 Å². The molecule has 1 amide bonds. The zero-order valence-electron chi connectivity index (χ0n) is 17.6. The summed E-state index contributed by atoms with van der Waals surface area (Å²) in [6.45, 7) is 0.352. The summed E-state index contributed by atoms with van der Waals surface area (Å²) in [6.07, 6.45) is 2.50. The third-order valence-corrected chi connectivity index (χ3v) is 6.43. The van der Waals surface area contributed by atoms with Gasteiger partial charge in [0.1, 0.15) is 33.3 Å². The maximum absolute atomic E-state index is 12.7. The van der Waals surface area contributed by atoms with Gasteiger partial charge in [0.25, 0.3) is 5.91 Å². The van der Waals surface area contributed by atoms with Crippen molar-refractivity contribution in [2.45, 2.75) is 19.3 Å². The van der Waals surface area contributed by atoms with E-state index in [0.29, 0.717) is 51.5 Å². The molecule has 0 saturated carbocycles. The van der Waals surface area contributed by atoms with Crippen LogP contribution in [0.1, 0.15) is 35.6 Å². The first-order valence-electron chi connectivity index (χ1n) is 10.3. The van der Waals surface area contributed by atoms with Crippen molar-refractivity contribution in [1.29, 1.82) is 0 Å². The van der Waals surface area contributed by atoms with E-state index in [0.717, 1.165) is 5.56 Å². The fourth-order valence-corrected chi connectivity index (χ4v) is 4.64. The molecule has 3 aromatic rings. The van der Waals surface area contributed by atoms with Gasteiger partial charge in [-0.25, -0.2) is 0 Å². The molecule has 34 heavy (non-hydrogen) atoms. The molecule has 174 valence electrons. The zero-order valence-corrected chi connectivity index (χ0v) is 19.3. The van der Waals surface area contributed by atoms with Crippen LogP contribution in [0, 0.1) is 0 Å². The van der Waals surface area contributed by atoms with Gasteiger partial charge in [0.2, 0.25) is 0 Å². The fourth-order valence-electron chi connectivity index (χ4n) is 3.35. The van der Waals surface area contributed by atoms with Crippen LogP contribution in [-0.2, 0) is 9.59 Å². The lowest BCUT2D eigenvalue weighted by Crippen LogP contribution is -2.29. The number of hydrogen-bond donors (Lipinski definition) is 0. The van der Waals surface area contributed by atoms with Gasteiger partial charge in [-0.2, -0.15) is 0 Å². The zero-order chi connectivity index (χ0) is 24.2. The number of carboxylic acid groups (broad SMARTS) is 2. The number of aliphatic carboxylic acids is 1. The van der Waals surface area contributed by atoms with Crippen LogP contribution in [0.5, 0.6) is 0 Å². The van der Waals surface area contributed by atoms with E-state index in [-0.39, 0.29) is 18.1 Å². The summed E-state index contributed by atoms with van der Waals surface area (Å²) >= 11 is 6.46. The standard InChI is InChI=1S/C24H19NO7S2/c26-21(27)3-1-2-12-25-22(28)20(34-24(25)33)13-16-8-9-17(31-16)14-4-6-15(7-5-14)18-10-11-19(32-18)23(29)30/h4-11,13H,1-3,12H2,(H,26,27)(H,29,30)/p-2/b20-13-. The highest BCUT2D eigenvalue weighted by atomic mass is 32.2. The first-order valence-corrected chi connectivity index (χ1v) is 11.5.